The third-order valence-electron chi connectivity index (χ3n) is 3.68. The first-order valence-corrected chi connectivity index (χ1v) is 10.3. The first-order valence-electron chi connectivity index (χ1n) is 8.66. The molecule has 1 atom stereocenters. The Balaban J connectivity index is 2.39. The van der Waals surface area contributed by atoms with Crippen molar-refractivity contribution in [1.29, 1.82) is 0 Å². The van der Waals surface area contributed by atoms with Crippen molar-refractivity contribution in [1.82, 2.24) is 14.9 Å². The number of sulfonamides is 1. The summed E-state index contributed by atoms with van der Waals surface area (Å²) in [7, 11) is -1.66. The van der Waals surface area contributed by atoms with Crippen LogP contribution in [0.4, 0.5) is 4.39 Å². The second-order valence-electron chi connectivity index (χ2n) is 5.66. The summed E-state index contributed by atoms with van der Waals surface area (Å²) in [5.74, 6) is 0.757. The maximum Gasteiger partial charge on any atom is 0.215 e. The largest absolute Gasteiger partial charge is 0.489 e. The Labute approximate surface area is 155 Å². The Bertz CT molecular complexity index is 661. The molecule has 0 aliphatic heterocycles. The van der Waals surface area contributed by atoms with E-state index in [0.717, 1.165) is 0 Å². The number of guanidine groups is 1. The lowest BCUT2D eigenvalue weighted by Crippen LogP contribution is -2.44. The van der Waals surface area contributed by atoms with Crippen LogP contribution < -0.4 is 15.4 Å². The van der Waals surface area contributed by atoms with E-state index in [2.05, 4.69) is 15.6 Å². The second-order valence-corrected chi connectivity index (χ2v) is 7.75. The van der Waals surface area contributed by atoms with Gasteiger partial charge < -0.3 is 15.4 Å². The first kappa shape index (κ1) is 22.2. The van der Waals surface area contributed by atoms with Crippen LogP contribution in [0.2, 0.25) is 0 Å². The van der Waals surface area contributed by atoms with Gasteiger partial charge in [-0.1, -0.05) is 13.8 Å². The number of hydrogen-bond acceptors (Lipinski definition) is 4. The van der Waals surface area contributed by atoms with E-state index in [4.69, 9.17) is 4.74 Å². The zero-order valence-corrected chi connectivity index (χ0v) is 16.6. The summed E-state index contributed by atoms with van der Waals surface area (Å²) in [5, 5.41) is 6.06. The van der Waals surface area contributed by atoms with Gasteiger partial charge in [-0.3, -0.25) is 4.99 Å². The standard InChI is InChI=1S/C17H29FN4O3S/c1-5-22(6-2)26(23,24)12-11-20-17(19-4)21-13-14(3)25-16-9-7-15(18)8-10-16/h7-10,14H,5-6,11-13H2,1-4H3,(H2,19,20,21). The molecule has 0 saturated carbocycles. The van der Waals surface area contributed by atoms with Gasteiger partial charge in [-0.05, 0) is 31.2 Å². The molecule has 0 fully saturated rings. The average Bonchev–Trinajstić information content (AvgIpc) is 2.60. The fourth-order valence-corrected chi connectivity index (χ4v) is 3.70. The van der Waals surface area contributed by atoms with Crippen molar-refractivity contribution in [3.8, 4) is 5.75 Å². The van der Waals surface area contributed by atoms with Crippen LogP contribution in [-0.4, -0.2) is 63.8 Å². The fourth-order valence-electron chi connectivity index (χ4n) is 2.29. The lowest BCUT2D eigenvalue weighted by Gasteiger charge is -2.20. The molecule has 0 bridgehead atoms. The summed E-state index contributed by atoms with van der Waals surface area (Å²) in [4.78, 5) is 4.06. The van der Waals surface area contributed by atoms with Crippen molar-refractivity contribution in [3.63, 3.8) is 0 Å². The summed E-state index contributed by atoms with van der Waals surface area (Å²) < 4.78 is 44.3. The van der Waals surface area contributed by atoms with Gasteiger partial charge in [0, 0.05) is 26.7 Å². The molecule has 0 amide bonds. The smallest absolute Gasteiger partial charge is 0.215 e. The molecule has 0 spiro atoms. The molecule has 0 saturated heterocycles. The molecule has 0 aromatic heterocycles. The van der Waals surface area contributed by atoms with E-state index in [9.17, 15) is 12.8 Å². The molecule has 0 aliphatic rings. The molecule has 0 aliphatic carbocycles. The van der Waals surface area contributed by atoms with Gasteiger partial charge in [0.25, 0.3) is 0 Å². The average molecular weight is 389 g/mol. The number of halogens is 1. The van der Waals surface area contributed by atoms with Crippen molar-refractivity contribution in [2.24, 2.45) is 4.99 Å². The number of nitrogens with one attached hydrogen (secondary N) is 2. The molecule has 2 N–H and O–H groups in total. The number of ether oxygens (including phenoxy) is 1. The van der Waals surface area contributed by atoms with Crippen LogP contribution in [0.15, 0.2) is 29.3 Å². The minimum atomic E-state index is -3.27. The summed E-state index contributed by atoms with van der Waals surface area (Å²) in [6.45, 7) is 7.14. The van der Waals surface area contributed by atoms with Crippen molar-refractivity contribution in [2.45, 2.75) is 26.9 Å². The van der Waals surface area contributed by atoms with E-state index in [-0.39, 0.29) is 24.2 Å². The predicted molar refractivity (Wildman–Crippen MR) is 103 cm³/mol. The van der Waals surface area contributed by atoms with Gasteiger partial charge in [-0.2, -0.15) is 0 Å². The third-order valence-corrected chi connectivity index (χ3v) is 5.71. The lowest BCUT2D eigenvalue weighted by molar-refractivity contribution is 0.223. The van der Waals surface area contributed by atoms with Gasteiger partial charge in [0.15, 0.2) is 5.96 Å². The van der Waals surface area contributed by atoms with E-state index < -0.39 is 10.0 Å². The van der Waals surface area contributed by atoms with Crippen molar-refractivity contribution in [2.75, 3.05) is 39.0 Å². The van der Waals surface area contributed by atoms with Crippen LogP contribution >= 0.6 is 0 Å². The third kappa shape index (κ3) is 7.57. The molecule has 1 unspecified atom stereocenters. The van der Waals surface area contributed by atoms with Crippen LogP contribution in [0.5, 0.6) is 5.75 Å². The topological polar surface area (TPSA) is 83.0 Å². The quantitative estimate of drug-likeness (QED) is 0.468. The lowest BCUT2D eigenvalue weighted by atomic mass is 10.3. The Morgan fingerprint density at radius 2 is 1.85 bits per heavy atom. The van der Waals surface area contributed by atoms with Gasteiger partial charge >= 0.3 is 0 Å². The molecule has 0 radical (unpaired) electrons. The minimum absolute atomic E-state index is 0.00296. The maximum absolute atomic E-state index is 12.9. The van der Waals surface area contributed by atoms with E-state index in [0.29, 0.717) is 31.3 Å². The van der Waals surface area contributed by atoms with Crippen LogP contribution in [-0.2, 0) is 10.0 Å². The number of aliphatic imine (C=N–C) groups is 1. The predicted octanol–water partition coefficient (Wildman–Crippen LogP) is 1.43. The monoisotopic (exact) mass is 388 g/mol. The SMILES string of the molecule is CCN(CC)S(=O)(=O)CCNC(=NC)NCC(C)Oc1ccc(F)cc1. The van der Waals surface area contributed by atoms with E-state index in [1.165, 1.54) is 16.4 Å². The Morgan fingerprint density at radius 3 is 2.38 bits per heavy atom. The summed E-state index contributed by atoms with van der Waals surface area (Å²) in [5.41, 5.74) is 0. The molecule has 1 aromatic carbocycles. The summed E-state index contributed by atoms with van der Waals surface area (Å²) in [6.07, 6.45) is -0.182. The highest BCUT2D eigenvalue weighted by Gasteiger charge is 2.18. The fraction of sp³-hybridized carbons (Fsp3) is 0.588. The first-order chi connectivity index (χ1) is 12.3. The second kappa shape index (κ2) is 11.0. The molecule has 1 rings (SSSR count). The van der Waals surface area contributed by atoms with E-state index in [1.807, 2.05) is 20.8 Å². The van der Waals surface area contributed by atoms with E-state index in [1.54, 1.807) is 19.2 Å². The van der Waals surface area contributed by atoms with Crippen LogP contribution in [0.1, 0.15) is 20.8 Å². The van der Waals surface area contributed by atoms with Crippen LogP contribution in [0.25, 0.3) is 0 Å². The van der Waals surface area contributed by atoms with Gasteiger partial charge in [0.2, 0.25) is 10.0 Å². The highest BCUT2D eigenvalue weighted by Crippen LogP contribution is 2.12. The molecule has 148 valence electrons. The number of nitrogens with zero attached hydrogens (tertiary/aromatic N) is 2. The zero-order valence-electron chi connectivity index (χ0n) is 15.8. The number of hydrogen-bond donors (Lipinski definition) is 2. The number of rotatable bonds is 10. The maximum atomic E-state index is 12.9. The molecule has 7 nitrogen and oxygen atoms in total. The number of benzene rings is 1. The molecular weight excluding hydrogens is 359 g/mol. The molecule has 0 heterocycles. The van der Waals surface area contributed by atoms with Gasteiger partial charge in [0.1, 0.15) is 17.7 Å². The zero-order chi connectivity index (χ0) is 19.6. The van der Waals surface area contributed by atoms with Gasteiger partial charge in [-0.25, -0.2) is 17.1 Å². The van der Waals surface area contributed by atoms with Crippen molar-refractivity contribution in [3.05, 3.63) is 30.1 Å². The van der Waals surface area contributed by atoms with Gasteiger partial charge in [0.05, 0.1) is 12.3 Å². The van der Waals surface area contributed by atoms with Crippen LogP contribution in [0, 0.1) is 5.82 Å². The highest BCUT2D eigenvalue weighted by molar-refractivity contribution is 7.89. The van der Waals surface area contributed by atoms with Crippen molar-refractivity contribution >= 4 is 16.0 Å². The summed E-state index contributed by atoms with van der Waals surface area (Å²) >= 11 is 0. The van der Waals surface area contributed by atoms with E-state index >= 15 is 0 Å². The minimum Gasteiger partial charge on any atom is -0.489 e. The Kier molecular flexibility index (Phi) is 9.36. The Hall–Kier alpha value is -1.87. The molecular formula is C17H29FN4O3S. The molecule has 1 aromatic rings. The molecule has 9 heteroatoms. The Morgan fingerprint density at radius 1 is 1.23 bits per heavy atom. The van der Waals surface area contributed by atoms with Crippen LogP contribution in [0.3, 0.4) is 0 Å². The normalized spacial score (nSPS) is 13.5. The van der Waals surface area contributed by atoms with Crippen molar-refractivity contribution < 1.29 is 17.5 Å². The van der Waals surface area contributed by atoms with Gasteiger partial charge in [-0.15, -0.1) is 0 Å². The summed E-state index contributed by atoms with van der Waals surface area (Å²) in [6, 6.07) is 5.81. The highest BCUT2D eigenvalue weighted by atomic mass is 32.2. The molecule has 26 heavy (non-hydrogen) atoms.